The first kappa shape index (κ1) is 18.5. The third-order valence-electron chi connectivity index (χ3n) is 4.25. The maximum Gasteiger partial charge on any atom is 0.246 e. The van der Waals surface area contributed by atoms with E-state index in [1.165, 1.54) is 11.8 Å². The molecule has 2 aromatic carbocycles. The van der Waals surface area contributed by atoms with E-state index in [-0.39, 0.29) is 24.9 Å². The summed E-state index contributed by atoms with van der Waals surface area (Å²) in [5.74, 6) is 0.326. The van der Waals surface area contributed by atoms with Crippen LogP contribution in [0.25, 0.3) is 0 Å². The van der Waals surface area contributed by atoms with Crippen LogP contribution in [0.2, 0.25) is 0 Å². The van der Waals surface area contributed by atoms with Crippen molar-refractivity contribution in [3.63, 3.8) is 0 Å². The minimum absolute atomic E-state index is 0.0161. The number of para-hydroxylation sites is 1. The predicted octanol–water partition coefficient (Wildman–Crippen LogP) is 3.86. The summed E-state index contributed by atoms with van der Waals surface area (Å²) in [5.41, 5.74) is 1.82. The van der Waals surface area contributed by atoms with E-state index in [0.29, 0.717) is 12.3 Å². The maximum atomic E-state index is 13.1. The lowest BCUT2D eigenvalue weighted by Gasteiger charge is -2.27. The predicted molar refractivity (Wildman–Crippen MR) is 104 cm³/mol. The average molecular weight is 362 g/mol. The fourth-order valence-electron chi connectivity index (χ4n) is 2.82. The molecule has 5 heteroatoms. The SMILES string of the molecule is CC(=O)N(CC(=O)N(Cc1ccccc1)c1ccccc1)Cc1ccco1. The summed E-state index contributed by atoms with van der Waals surface area (Å²) in [7, 11) is 0. The minimum Gasteiger partial charge on any atom is -0.467 e. The molecule has 3 aromatic rings. The summed E-state index contributed by atoms with van der Waals surface area (Å²) in [5, 5.41) is 0. The second-order valence-corrected chi connectivity index (χ2v) is 6.26. The van der Waals surface area contributed by atoms with Gasteiger partial charge < -0.3 is 14.2 Å². The highest BCUT2D eigenvalue weighted by molar-refractivity contribution is 5.96. The van der Waals surface area contributed by atoms with Crippen molar-refractivity contribution in [2.24, 2.45) is 0 Å². The first-order valence-electron chi connectivity index (χ1n) is 8.80. The summed E-state index contributed by atoms with van der Waals surface area (Å²) in [6.07, 6.45) is 1.56. The van der Waals surface area contributed by atoms with Crippen molar-refractivity contribution in [1.82, 2.24) is 4.90 Å². The van der Waals surface area contributed by atoms with Gasteiger partial charge in [-0.2, -0.15) is 0 Å². The number of anilines is 1. The lowest BCUT2D eigenvalue weighted by atomic mass is 10.2. The number of carbonyl (C=O) groups is 2. The molecule has 138 valence electrons. The first-order valence-corrected chi connectivity index (χ1v) is 8.80. The van der Waals surface area contributed by atoms with Crippen LogP contribution in [-0.4, -0.2) is 23.3 Å². The zero-order valence-corrected chi connectivity index (χ0v) is 15.2. The highest BCUT2D eigenvalue weighted by Gasteiger charge is 2.21. The molecule has 0 saturated carbocycles. The van der Waals surface area contributed by atoms with Crippen LogP contribution in [0.15, 0.2) is 83.5 Å². The van der Waals surface area contributed by atoms with Crippen LogP contribution in [0, 0.1) is 0 Å². The number of furan rings is 1. The molecule has 0 atom stereocenters. The molecular formula is C22H22N2O3. The Kier molecular flexibility index (Phi) is 6.05. The fraction of sp³-hybridized carbons (Fsp3) is 0.182. The Morgan fingerprint density at radius 2 is 1.52 bits per heavy atom. The highest BCUT2D eigenvalue weighted by Crippen LogP contribution is 2.18. The summed E-state index contributed by atoms with van der Waals surface area (Å²) in [6, 6.07) is 22.8. The summed E-state index contributed by atoms with van der Waals surface area (Å²) >= 11 is 0. The van der Waals surface area contributed by atoms with E-state index < -0.39 is 0 Å². The smallest absolute Gasteiger partial charge is 0.246 e. The molecule has 0 bridgehead atoms. The number of nitrogens with zero attached hydrogens (tertiary/aromatic N) is 2. The van der Waals surface area contributed by atoms with E-state index in [0.717, 1.165) is 11.3 Å². The van der Waals surface area contributed by atoms with Gasteiger partial charge in [0.2, 0.25) is 11.8 Å². The molecule has 0 spiro atoms. The Morgan fingerprint density at radius 3 is 2.11 bits per heavy atom. The van der Waals surface area contributed by atoms with E-state index in [2.05, 4.69) is 0 Å². The Morgan fingerprint density at radius 1 is 0.852 bits per heavy atom. The van der Waals surface area contributed by atoms with Gasteiger partial charge in [0.25, 0.3) is 0 Å². The molecule has 0 unspecified atom stereocenters. The number of hydrogen-bond acceptors (Lipinski definition) is 3. The van der Waals surface area contributed by atoms with E-state index in [1.807, 2.05) is 60.7 Å². The van der Waals surface area contributed by atoms with Crippen molar-refractivity contribution < 1.29 is 14.0 Å². The van der Waals surface area contributed by atoms with Crippen molar-refractivity contribution in [2.75, 3.05) is 11.4 Å². The molecule has 0 N–H and O–H groups in total. The normalized spacial score (nSPS) is 10.4. The van der Waals surface area contributed by atoms with Crippen LogP contribution in [0.3, 0.4) is 0 Å². The Balaban J connectivity index is 1.80. The van der Waals surface area contributed by atoms with Gasteiger partial charge in [0.15, 0.2) is 0 Å². The van der Waals surface area contributed by atoms with Gasteiger partial charge in [-0.3, -0.25) is 9.59 Å². The molecule has 0 saturated heterocycles. The van der Waals surface area contributed by atoms with E-state index in [9.17, 15) is 9.59 Å². The third-order valence-corrected chi connectivity index (χ3v) is 4.25. The molecule has 3 rings (SSSR count). The van der Waals surface area contributed by atoms with Gasteiger partial charge in [0, 0.05) is 12.6 Å². The van der Waals surface area contributed by atoms with Gasteiger partial charge in [0.1, 0.15) is 12.3 Å². The van der Waals surface area contributed by atoms with Crippen LogP contribution in [0.5, 0.6) is 0 Å². The Bertz CT molecular complexity index is 861. The monoisotopic (exact) mass is 362 g/mol. The summed E-state index contributed by atoms with van der Waals surface area (Å²) < 4.78 is 5.32. The number of hydrogen-bond donors (Lipinski definition) is 0. The fourth-order valence-corrected chi connectivity index (χ4v) is 2.82. The van der Waals surface area contributed by atoms with Crippen molar-refractivity contribution in [3.8, 4) is 0 Å². The number of rotatable bonds is 7. The third kappa shape index (κ3) is 5.07. The lowest BCUT2D eigenvalue weighted by molar-refractivity contribution is -0.134. The quantitative estimate of drug-likeness (QED) is 0.641. The minimum atomic E-state index is -0.174. The molecule has 0 aliphatic heterocycles. The van der Waals surface area contributed by atoms with Crippen molar-refractivity contribution in [2.45, 2.75) is 20.0 Å². The lowest BCUT2D eigenvalue weighted by Crippen LogP contribution is -2.41. The maximum absolute atomic E-state index is 13.1. The van der Waals surface area contributed by atoms with Crippen LogP contribution in [-0.2, 0) is 22.7 Å². The van der Waals surface area contributed by atoms with Crippen molar-refractivity contribution >= 4 is 17.5 Å². The second kappa shape index (κ2) is 8.85. The van der Waals surface area contributed by atoms with Crippen LogP contribution in [0.4, 0.5) is 5.69 Å². The second-order valence-electron chi connectivity index (χ2n) is 6.26. The van der Waals surface area contributed by atoms with Gasteiger partial charge in [-0.1, -0.05) is 48.5 Å². The number of amides is 2. The van der Waals surface area contributed by atoms with Gasteiger partial charge in [-0.15, -0.1) is 0 Å². The molecule has 0 aliphatic rings. The molecule has 1 heterocycles. The summed E-state index contributed by atoms with van der Waals surface area (Å²) in [6.45, 7) is 2.15. The van der Waals surface area contributed by atoms with E-state index in [4.69, 9.17) is 4.42 Å². The van der Waals surface area contributed by atoms with Gasteiger partial charge in [-0.25, -0.2) is 0 Å². The molecule has 0 aliphatic carbocycles. The van der Waals surface area contributed by atoms with Gasteiger partial charge in [0.05, 0.1) is 19.4 Å². The van der Waals surface area contributed by atoms with Crippen LogP contribution < -0.4 is 4.90 Å². The number of benzene rings is 2. The Hall–Kier alpha value is -3.34. The molecular weight excluding hydrogens is 340 g/mol. The standard InChI is InChI=1S/C22H22N2O3/c1-18(25)23(16-21-13-8-14-27-21)17-22(26)24(20-11-6-3-7-12-20)15-19-9-4-2-5-10-19/h2-14H,15-17H2,1H3. The largest absolute Gasteiger partial charge is 0.467 e. The zero-order chi connectivity index (χ0) is 19.1. The molecule has 2 amide bonds. The molecule has 5 nitrogen and oxygen atoms in total. The molecule has 0 radical (unpaired) electrons. The van der Waals surface area contributed by atoms with E-state index >= 15 is 0 Å². The topological polar surface area (TPSA) is 53.8 Å². The molecule has 0 fully saturated rings. The van der Waals surface area contributed by atoms with Gasteiger partial charge in [-0.05, 0) is 29.8 Å². The van der Waals surface area contributed by atoms with E-state index in [1.54, 1.807) is 23.3 Å². The van der Waals surface area contributed by atoms with Gasteiger partial charge >= 0.3 is 0 Å². The average Bonchev–Trinajstić information content (AvgIpc) is 3.20. The number of carbonyl (C=O) groups excluding carboxylic acids is 2. The molecule has 1 aromatic heterocycles. The highest BCUT2D eigenvalue weighted by atomic mass is 16.3. The zero-order valence-electron chi connectivity index (χ0n) is 15.2. The van der Waals surface area contributed by atoms with Crippen LogP contribution in [0.1, 0.15) is 18.2 Å². The molecule has 27 heavy (non-hydrogen) atoms. The van der Waals surface area contributed by atoms with Crippen molar-refractivity contribution in [1.29, 1.82) is 0 Å². The Labute approximate surface area is 158 Å². The first-order chi connectivity index (χ1) is 13.1. The van der Waals surface area contributed by atoms with Crippen LogP contribution >= 0.6 is 0 Å². The van der Waals surface area contributed by atoms with Crippen molar-refractivity contribution in [3.05, 3.63) is 90.4 Å². The summed E-state index contributed by atoms with van der Waals surface area (Å²) in [4.78, 5) is 28.3.